The Labute approximate surface area is 184 Å². The number of piperidine rings is 1. The van der Waals surface area contributed by atoms with Crippen molar-refractivity contribution < 1.29 is 9.59 Å². The molecule has 2 aromatic rings. The van der Waals surface area contributed by atoms with Gasteiger partial charge >= 0.3 is 6.03 Å². The van der Waals surface area contributed by atoms with Gasteiger partial charge in [0.15, 0.2) is 0 Å². The lowest BCUT2D eigenvalue weighted by Gasteiger charge is -2.42. The average Bonchev–Trinajstić information content (AvgIpc) is 3.61. The molecule has 0 N–H and O–H groups in total. The monoisotopic (exact) mass is 417 g/mol. The molecule has 0 aromatic heterocycles. The summed E-state index contributed by atoms with van der Waals surface area (Å²) in [7, 11) is 0. The number of hydrogen-bond donors (Lipinski definition) is 0. The lowest BCUT2D eigenvalue weighted by Crippen LogP contribution is -2.57. The Kier molecular flexibility index (Phi) is 5.53. The van der Waals surface area contributed by atoms with Crippen LogP contribution < -0.4 is 0 Å². The Bertz CT molecular complexity index is 918. The number of urea groups is 1. The lowest BCUT2D eigenvalue weighted by molar-refractivity contribution is -0.136. The van der Waals surface area contributed by atoms with Crippen molar-refractivity contribution in [3.63, 3.8) is 0 Å². The Morgan fingerprint density at radius 3 is 2.06 bits per heavy atom. The molecule has 31 heavy (non-hydrogen) atoms. The maximum absolute atomic E-state index is 13.7. The highest BCUT2D eigenvalue weighted by atomic mass is 16.2. The predicted molar refractivity (Wildman–Crippen MR) is 120 cm³/mol. The van der Waals surface area contributed by atoms with Gasteiger partial charge in [-0.1, -0.05) is 60.7 Å². The van der Waals surface area contributed by atoms with Crippen LogP contribution in [0.25, 0.3) is 0 Å². The molecule has 0 unspecified atom stereocenters. The third kappa shape index (κ3) is 4.11. The summed E-state index contributed by atoms with van der Waals surface area (Å²) in [5.74, 6) is 0.846. The predicted octanol–water partition coefficient (Wildman–Crippen LogP) is 3.94. The van der Waals surface area contributed by atoms with Crippen LogP contribution in [0.3, 0.4) is 0 Å². The fourth-order valence-corrected chi connectivity index (χ4v) is 5.14. The molecule has 5 rings (SSSR count). The molecule has 2 aromatic carbocycles. The summed E-state index contributed by atoms with van der Waals surface area (Å²) in [5.41, 5.74) is 1.52. The average molecular weight is 418 g/mol. The normalized spacial score (nSPS) is 21.3. The third-order valence-electron chi connectivity index (χ3n) is 7.17. The number of rotatable bonds is 7. The van der Waals surface area contributed by atoms with Gasteiger partial charge in [-0.25, -0.2) is 4.79 Å². The van der Waals surface area contributed by atoms with Gasteiger partial charge in [-0.2, -0.15) is 0 Å². The molecule has 3 fully saturated rings. The molecule has 5 nitrogen and oxygen atoms in total. The van der Waals surface area contributed by atoms with Crippen molar-refractivity contribution in [1.29, 1.82) is 0 Å². The molecular formula is C26H31N3O2. The number of carbonyl (C=O) groups is 2. The highest BCUT2D eigenvalue weighted by molar-refractivity contribution is 6.07. The van der Waals surface area contributed by atoms with Crippen LogP contribution in [-0.2, 0) is 17.8 Å². The summed E-state index contributed by atoms with van der Waals surface area (Å²) in [6.45, 7) is 3.89. The number of hydrogen-bond acceptors (Lipinski definition) is 3. The van der Waals surface area contributed by atoms with E-state index >= 15 is 0 Å². The molecule has 5 heteroatoms. The summed E-state index contributed by atoms with van der Waals surface area (Å²) >= 11 is 0. The molecular weight excluding hydrogens is 386 g/mol. The summed E-state index contributed by atoms with van der Waals surface area (Å²) in [4.78, 5) is 33.1. The van der Waals surface area contributed by atoms with Gasteiger partial charge in [-0.3, -0.25) is 9.69 Å². The molecule has 2 aliphatic heterocycles. The van der Waals surface area contributed by atoms with E-state index in [0.29, 0.717) is 13.1 Å². The van der Waals surface area contributed by atoms with Crippen LogP contribution in [0.5, 0.6) is 0 Å². The van der Waals surface area contributed by atoms with Gasteiger partial charge < -0.3 is 9.80 Å². The Balaban J connectivity index is 1.36. The van der Waals surface area contributed by atoms with E-state index in [4.69, 9.17) is 0 Å². The van der Waals surface area contributed by atoms with Gasteiger partial charge in [0.2, 0.25) is 0 Å². The largest absolute Gasteiger partial charge is 0.328 e. The summed E-state index contributed by atoms with van der Waals surface area (Å²) in [6, 6.07) is 20.0. The van der Waals surface area contributed by atoms with Crippen LogP contribution in [0.4, 0.5) is 4.79 Å². The maximum Gasteiger partial charge on any atom is 0.328 e. The second-order valence-electron chi connectivity index (χ2n) is 9.32. The fourth-order valence-electron chi connectivity index (χ4n) is 5.14. The number of imide groups is 1. The molecule has 162 valence electrons. The molecule has 1 aliphatic carbocycles. The molecule has 2 heterocycles. The number of likely N-dealkylation sites (tertiary alicyclic amines) is 1. The molecule has 0 radical (unpaired) electrons. The Hall–Kier alpha value is -2.66. The van der Waals surface area contributed by atoms with Crippen LogP contribution in [0.15, 0.2) is 60.7 Å². The van der Waals surface area contributed by atoms with E-state index in [1.165, 1.54) is 23.3 Å². The minimum Gasteiger partial charge on any atom is -0.309 e. The molecule has 3 aliphatic rings. The quantitative estimate of drug-likeness (QED) is 0.641. The summed E-state index contributed by atoms with van der Waals surface area (Å²) < 4.78 is 0. The number of carbonyl (C=O) groups excluding carboxylic acids is 2. The van der Waals surface area contributed by atoms with E-state index in [1.54, 1.807) is 0 Å². The smallest absolute Gasteiger partial charge is 0.309 e. The first kappa shape index (κ1) is 20.3. The van der Waals surface area contributed by atoms with Gasteiger partial charge in [-0.05, 0) is 49.1 Å². The molecule has 1 saturated carbocycles. The van der Waals surface area contributed by atoms with Crippen LogP contribution >= 0.6 is 0 Å². The maximum atomic E-state index is 13.7. The zero-order chi connectivity index (χ0) is 21.3. The third-order valence-corrected chi connectivity index (χ3v) is 7.17. The zero-order valence-corrected chi connectivity index (χ0v) is 18.1. The van der Waals surface area contributed by atoms with Crippen molar-refractivity contribution >= 4 is 11.9 Å². The number of benzene rings is 2. The first-order valence-corrected chi connectivity index (χ1v) is 11.6. The van der Waals surface area contributed by atoms with E-state index in [1.807, 2.05) is 53.4 Å². The zero-order valence-electron chi connectivity index (χ0n) is 18.1. The molecule has 0 bridgehead atoms. The van der Waals surface area contributed by atoms with Gasteiger partial charge in [-0.15, -0.1) is 0 Å². The van der Waals surface area contributed by atoms with Crippen molar-refractivity contribution in [3.05, 3.63) is 71.8 Å². The standard InChI is InChI=1S/C26H31N3O2/c30-24-26(14-17-27(18-15-26)19-23-11-12-23)29(16-13-21-7-3-1-4-8-21)25(31)28(24)20-22-9-5-2-6-10-22/h1-10,23H,11-20H2. The minimum atomic E-state index is -0.680. The van der Waals surface area contributed by atoms with Crippen molar-refractivity contribution in [3.8, 4) is 0 Å². The number of amides is 3. The lowest BCUT2D eigenvalue weighted by atomic mass is 9.85. The van der Waals surface area contributed by atoms with Gasteiger partial charge in [0, 0.05) is 26.2 Å². The van der Waals surface area contributed by atoms with Crippen LogP contribution in [-0.4, -0.2) is 58.4 Å². The highest BCUT2D eigenvalue weighted by Crippen LogP contribution is 2.39. The molecule has 1 spiro atoms. The minimum absolute atomic E-state index is 0.000451. The van der Waals surface area contributed by atoms with Crippen LogP contribution in [0.2, 0.25) is 0 Å². The Morgan fingerprint density at radius 1 is 0.839 bits per heavy atom. The van der Waals surface area contributed by atoms with Crippen molar-refractivity contribution in [2.24, 2.45) is 5.92 Å². The molecule has 3 amide bonds. The van der Waals surface area contributed by atoms with E-state index < -0.39 is 5.54 Å². The van der Waals surface area contributed by atoms with Gasteiger partial charge in [0.25, 0.3) is 5.91 Å². The Morgan fingerprint density at radius 2 is 1.45 bits per heavy atom. The fraction of sp³-hybridized carbons (Fsp3) is 0.462. The highest BCUT2D eigenvalue weighted by Gasteiger charge is 2.57. The first-order chi connectivity index (χ1) is 15.2. The number of nitrogens with zero attached hydrogens (tertiary/aromatic N) is 3. The summed E-state index contributed by atoms with van der Waals surface area (Å²) in [6.07, 6.45) is 4.93. The molecule has 2 saturated heterocycles. The topological polar surface area (TPSA) is 43.9 Å². The van der Waals surface area contributed by atoms with Crippen LogP contribution in [0, 0.1) is 5.92 Å². The second kappa shape index (κ2) is 8.46. The van der Waals surface area contributed by atoms with Crippen molar-refractivity contribution in [2.75, 3.05) is 26.2 Å². The van der Waals surface area contributed by atoms with E-state index in [2.05, 4.69) is 17.0 Å². The molecule has 0 atom stereocenters. The van der Waals surface area contributed by atoms with E-state index in [-0.39, 0.29) is 11.9 Å². The van der Waals surface area contributed by atoms with E-state index in [0.717, 1.165) is 50.4 Å². The SMILES string of the molecule is O=C1N(Cc2ccccc2)C(=O)C2(CCN(CC3CC3)CC2)N1CCc1ccccc1. The van der Waals surface area contributed by atoms with Crippen LogP contribution in [0.1, 0.15) is 36.8 Å². The van der Waals surface area contributed by atoms with Crippen molar-refractivity contribution in [2.45, 2.75) is 44.2 Å². The van der Waals surface area contributed by atoms with Crippen molar-refractivity contribution in [1.82, 2.24) is 14.7 Å². The first-order valence-electron chi connectivity index (χ1n) is 11.6. The second-order valence-corrected chi connectivity index (χ2v) is 9.32. The van der Waals surface area contributed by atoms with Gasteiger partial charge in [0.1, 0.15) is 5.54 Å². The van der Waals surface area contributed by atoms with Gasteiger partial charge in [0.05, 0.1) is 6.54 Å². The summed E-state index contributed by atoms with van der Waals surface area (Å²) in [5, 5.41) is 0. The van der Waals surface area contributed by atoms with E-state index in [9.17, 15) is 9.59 Å².